The minimum atomic E-state index is -4.53. The molecular formula is C27H24BrF3N4O. The van der Waals surface area contributed by atoms with Crippen molar-refractivity contribution in [3.8, 4) is 5.69 Å². The van der Waals surface area contributed by atoms with Crippen molar-refractivity contribution in [1.82, 2.24) is 14.5 Å². The molecule has 36 heavy (non-hydrogen) atoms. The highest BCUT2D eigenvalue weighted by molar-refractivity contribution is 9.10. The molecule has 1 saturated heterocycles. The number of halogens is 4. The van der Waals surface area contributed by atoms with Gasteiger partial charge in [0.25, 0.3) is 0 Å². The summed E-state index contributed by atoms with van der Waals surface area (Å²) in [6.45, 7) is 1.75. The summed E-state index contributed by atoms with van der Waals surface area (Å²) in [7, 11) is 0. The first-order valence-corrected chi connectivity index (χ1v) is 12.5. The van der Waals surface area contributed by atoms with E-state index >= 15 is 0 Å². The van der Waals surface area contributed by atoms with E-state index in [0.29, 0.717) is 19.5 Å². The molecular weight excluding hydrogens is 533 g/mol. The zero-order chi connectivity index (χ0) is 25.3. The summed E-state index contributed by atoms with van der Waals surface area (Å²) >= 11 is 3.54. The Morgan fingerprint density at radius 1 is 1.06 bits per heavy atom. The fraction of sp³-hybridized carbons (Fsp3) is 0.259. The van der Waals surface area contributed by atoms with E-state index in [4.69, 9.17) is 4.98 Å². The SMILES string of the molecule is O=C(Nc1ccccc1C(F)(F)F)[C@@H]1CCCN(Cc2nc3ccccc3n2-c2cccc(Br)c2)C1. The summed E-state index contributed by atoms with van der Waals surface area (Å²) in [6, 6.07) is 21.0. The number of rotatable bonds is 5. The highest BCUT2D eigenvalue weighted by atomic mass is 79.9. The van der Waals surface area contributed by atoms with Gasteiger partial charge >= 0.3 is 6.18 Å². The molecule has 1 atom stereocenters. The Hall–Kier alpha value is -3.17. The molecule has 1 amide bonds. The predicted molar refractivity (Wildman–Crippen MR) is 137 cm³/mol. The Morgan fingerprint density at radius 2 is 1.83 bits per heavy atom. The number of carbonyl (C=O) groups excluding carboxylic acids is 1. The van der Waals surface area contributed by atoms with Crippen LogP contribution in [0.25, 0.3) is 16.7 Å². The third-order valence-electron chi connectivity index (χ3n) is 6.43. The van der Waals surface area contributed by atoms with Crippen molar-refractivity contribution in [3.63, 3.8) is 0 Å². The van der Waals surface area contributed by atoms with E-state index in [-0.39, 0.29) is 5.69 Å². The minimum Gasteiger partial charge on any atom is -0.325 e. The van der Waals surface area contributed by atoms with Crippen LogP contribution in [0.2, 0.25) is 0 Å². The highest BCUT2D eigenvalue weighted by Gasteiger charge is 2.34. The first kappa shape index (κ1) is 24.5. The van der Waals surface area contributed by atoms with E-state index in [1.165, 1.54) is 18.2 Å². The second-order valence-electron chi connectivity index (χ2n) is 8.94. The maximum absolute atomic E-state index is 13.4. The van der Waals surface area contributed by atoms with Gasteiger partial charge in [-0.1, -0.05) is 46.3 Å². The van der Waals surface area contributed by atoms with Gasteiger partial charge in [0.2, 0.25) is 5.91 Å². The van der Waals surface area contributed by atoms with Crippen LogP contribution in [0.1, 0.15) is 24.2 Å². The van der Waals surface area contributed by atoms with Crippen molar-refractivity contribution in [1.29, 1.82) is 0 Å². The zero-order valence-electron chi connectivity index (χ0n) is 19.3. The molecule has 0 bridgehead atoms. The van der Waals surface area contributed by atoms with Crippen molar-refractivity contribution >= 4 is 38.6 Å². The third-order valence-corrected chi connectivity index (χ3v) is 6.92. The number of hydrogen-bond donors (Lipinski definition) is 1. The number of benzene rings is 3. The minimum absolute atomic E-state index is 0.205. The van der Waals surface area contributed by atoms with Crippen LogP contribution in [0, 0.1) is 5.92 Å². The summed E-state index contributed by atoms with van der Waals surface area (Å²) < 4.78 is 43.2. The molecule has 2 heterocycles. The van der Waals surface area contributed by atoms with Gasteiger partial charge in [-0.3, -0.25) is 14.3 Å². The molecule has 1 aromatic heterocycles. The summed E-state index contributed by atoms with van der Waals surface area (Å²) in [5.41, 5.74) is 1.80. The molecule has 1 fully saturated rings. The summed E-state index contributed by atoms with van der Waals surface area (Å²) in [5, 5.41) is 2.52. The number of likely N-dealkylation sites (tertiary alicyclic amines) is 1. The van der Waals surface area contributed by atoms with Crippen LogP contribution in [0.5, 0.6) is 0 Å². The zero-order valence-corrected chi connectivity index (χ0v) is 20.9. The number of nitrogens with one attached hydrogen (secondary N) is 1. The summed E-state index contributed by atoms with van der Waals surface area (Å²) in [4.78, 5) is 20.0. The maximum Gasteiger partial charge on any atom is 0.418 e. The van der Waals surface area contributed by atoms with Gasteiger partial charge in [-0.2, -0.15) is 13.2 Å². The Morgan fingerprint density at radius 3 is 2.64 bits per heavy atom. The fourth-order valence-electron chi connectivity index (χ4n) is 4.77. The van der Waals surface area contributed by atoms with Crippen molar-refractivity contribution < 1.29 is 18.0 Å². The van der Waals surface area contributed by atoms with Gasteiger partial charge in [-0.25, -0.2) is 4.98 Å². The van der Waals surface area contributed by atoms with Gasteiger partial charge in [0.05, 0.1) is 34.7 Å². The van der Waals surface area contributed by atoms with Crippen molar-refractivity contribution in [2.24, 2.45) is 5.92 Å². The molecule has 0 saturated carbocycles. The number of imidazole rings is 1. The molecule has 1 aliphatic rings. The van der Waals surface area contributed by atoms with Crippen LogP contribution in [0.15, 0.2) is 77.3 Å². The first-order valence-electron chi connectivity index (χ1n) is 11.7. The highest BCUT2D eigenvalue weighted by Crippen LogP contribution is 2.35. The number of alkyl halides is 3. The number of anilines is 1. The lowest BCUT2D eigenvalue weighted by atomic mass is 9.96. The second kappa shape index (κ2) is 10.1. The van der Waals surface area contributed by atoms with E-state index in [0.717, 1.165) is 46.0 Å². The van der Waals surface area contributed by atoms with Crippen molar-refractivity contribution in [2.75, 3.05) is 18.4 Å². The van der Waals surface area contributed by atoms with Crippen molar-refractivity contribution in [3.05, 3.63) is 88.7 Å². The molecule has 5 rings (SSSR count). The van der Waals surface area contributed by atoms with E-state index in [9.17, 15) is 18.0 Å². The lowest BCUT2D eigenvalue weighted by Crippen LogP contribution is -2.40. The van der Waals surface area contributed by atoms with Crippen molar-refractivity contribution in [2.45, 2.75) is 25.6 Å². The molecule has 186 valence electrons. The summed E-state index contributed by atoms with van der Waals surface area (Å²) in [5.74, 6) is 0.0402. The van der Waals surface area contributed by atoms with Gasteiger partial charge in [0, 0.05) is 16.7 Å². The molecule has 1 N–H and O–H groups in total. The number of piperidine rings is 1. The molecule has 3 aromatic carbocycles. The monoisotopic (exact) mass is 556 g/mol. The van der Waals surface area contributed by atoms with E-state index in [2.05, 4.69) is 30.7 Å². The molecule has 0 unspecified atom stereocenters. The van der Waals surface area contributed by atoms with Gasteiger partial charge < -0.3 is 5.32 Å². The number of para-hydroxylation sites is 3. The molecule has 5 nitrogen and oxygen atoms in total. The lowest BCUT2D eigenvalue weighted by molar-refractivity contribution is -0.137. The van der Waals surface area contributed by atoms with E-state index < -0.39 is 23.6 Å². The van der Waals surface area contributed by atoms with Gasteiger partial charge in [-0.05, 0) is 61.9 Å². The number of nitrogens with zero attached hydrogens (tertiary/aromatic N) is 3. The van der Waals surface area contributed by atoms with E-state index in [1.54, 1.807) is 0 Å². The molecule has 4 aromatic rings. The van der Waals surface area contributed by atoms with E-state index in [1.807, 2.05) is 48.5 Å². The van der Waals surface area contributed by atoms with Crippen LogP contribution >= 0.6 is 15.9 Å². The van der Waals surface area contributed by atoms with Gasteiger partial charge in [0.1, 0.15) is 5.82 Å². The number of aromatic nitrogens is 2. The normalized spacial score (nSPS) is 16.8. The van der Waals surface area contributed by atoms with Crippen LogP contribution in [0.3, 0.4) is 0 Å². The lowest BCUT2D eigenvalue weighted by Gasteiger charge is -2.32. The quantitative estimate of drug-likeness (QED) is 0.299. The Kier molecular flexibility index (Phi) is 6.85. The van der Waals surface area contributed by atoms with Crippen LogP contribution < -0.4 is 5.32 Å². The van der Waals surface area contributed by atoms with Crippen LogP contribution in [-0.2, 0) is 17.5 Å². The second-order valence-corrected chi connectivity index (χ2v) is 9.85. The first-order chi connectivity index (χ1) is 17.3. The number of fused-ring (bicyclic) bond motifs is 1. The third kappa shape index (κ3) is 5.17. The Labute approximate surface area is 215 Å². The molecule has 9 heteroatoms. The largest absolute Gasteiger partial charge is 0.418 e. The molecule has 0 spiro atoms. The fourth-order valence-corrected chi connectivity index (χ4v) is 5.16. The van der Waals surface area contributed by atoms with Crippen LogP contribution in [0.4, 0.5) is 18.9 Å². The average molecular weight is 557 g/mol. The molecule has 0 radical (unpaired) electrons. The predicted octanol–water partition coefficient (Wildman–Crippen LogP) is 6.66. The average Bonchev–Trinajstić information content (AvgIpc) is 3.21. The summed E-state index contributed by atoms with van der Waals surface area (Å²) in [6.07, 6.45) is -3.14. The smallest absolute Gasteiger partial charge is 0.325 e. The number of amides is 1. The standard InChI is InChI=1S/C27H24BrF3N4O/c28-19-8-5-9-20(15-19)35-24-13-4-3-12-23(24)32-25(35)17-34-14-6-7-18(16-34)26(36)33-22-11-2-1-10-21(22)27(29,30)31/h1-5,8-13,15,18H,6-7,14,16-17H2,(H,33,36)/t18-/m1/s1. The number of carbonyl (C=O) groups is 1. The Balaban J connectivity index is 1.37. The van der Waals surface area contributed by atoms with Gasteiger partial charge in [0.15, 0.2) is 0 Å². The topological polar surface area (TPSA) is 50.2 Å². The van der Waals surface area contributed by atoms with Gasteiger partial charge in [-0.15, -0.1) is 0 Å². The maximum atomic E-state index is 13.4. The Bertz CT molecular complexity index is 1400. The van der Waals surface area contributed by atoms with Crippen LogP contribution in [-0.4, -0.2) is 33.4 Å². The number of hydrogen-bond acceptors (Lipinski definition) is 3. The molecule has 0 aliphatic carbocycles. The molecule has 1 aliphatic heterocycles.